The Morgan fingerprint density at radius 1 is 1.04 bits per heavy atom. The van der Waals surface area contributed by atoms with Gasteiger partial charge in [0.2, 0.25) is 11.8 Å². The van der Waals surface area contributed by atoms with E-state index in [0.717, 1.165) is 17.0 Å². The van der Waals surface area contributed by atoms with Crippen LogP contribution < -0.4 is 10.6 Å². The first-order valence-corrected chi connectivity index (χ1v) is 9.14. The Hall–Kier alpha value is -2.77. The number of thioether (sulfide) groups is 1. The van der Waals surface area contributed by atoms with E-state index in [1.54, 1.807) is 55.5 Å². The molecule has 0 fully saturated rings. The first kappa shape index (κ1) is 20.5. The number of benzene rings is 2. The van der Waals surface area contributed by atoms with Crippen molar-refractivity contribution in [1.82, 2.24) is 0 Å². The van der Waals surface area contributed by atoms with E-state index in [1.807, 2.05) is 0 Å². The molecule has 1 atom stereocenters. The molecular weight excluding hydrogens is 388 g/mol. The summed E-state index contributed by atoms with van der Waals surface area (Å²) in [5, 5.41) is 14.0. The summed E-state index contributed by atoms with van der Waals surface area (Å²) in [4.78, 5) is 35.0. The van der Waals surface area contributed by atoms with Gasteiger partial charge in [0, 0.05) is 33.4 Å². The first-order valence-electron chi connectivity index (χ1n) is 7.88. The van der Waals surface area contributed by atoms with Gasteiger partial charge in [-0.15, -0.1) is 11.8 Å². The Kier molecular flexibility index (Phi) is 7.45. The van der Waals surface area contributed by atoms with Gasteiger partial charge in [0.1, 0.15) is 0 Å². The largest absolute Gasteiger partial charge is 0.478 e. The highest BCUT2D eigenvalue weighted by Gasteiger charge is 2.14. The maximum atomic E-state index is 12.3. The molecule has 1 unspecified atom stereocenters. The number of halogens is 1. The molecule has 140 valence electrons. The molecule has 8 heteroatoms. The molecule has 2 amide bonds. The molecule has 2 rings (SSSR count). The van der Waals surface area contributed by atoms with E-state index in [-0.39, 0.29) is 11.2 Å². The van der Waals surface area contributed by atoms with E-state index in [9.17, 15) is 14.4 Å². The topological polar surface area (TPSA) is 95.5 Å². The highest BCUT2D eigenvalue weighted by atomic mass is 35.5. The van der Waals surface area contributed by atoms with Crippen LogP contribution in [0, 0.1) is 0 Å². The number of carboxylic acid groups (broad SMARTS) is 1. The average molecular weight is 405 g/mol. The fraction of sp³-hybridized carbons (Fsp3) is 0.105. The molecule has 6 nitrogen and oxygen atoms in total. The Morgan fingerprint density at radius 3 is 2.37 bits per heavy atom. The van der Waals surface area contributed by atoms with Crippen LogP contribution >= 0.6 is 23.4 Å². The third-order valence-electron chi connectivity index (χ3n) is 3.27. The van der Waals surface area contributed by atoms with Gasteiger partial charge in [-0.3, -0.25) is 9.59 Å². The molecule has 0 aliphatic heterocycles. The van der Waals surface area contributed by atoms with E-state index in [0.29, 0.717) is 16.4 Å². The zero-order chi connectivity index (χ0) is 19.8. The Labute approximate surface area is 165 Å². The molecule has 2 aromatic rings. The summed E-state index contributed by atoms with van der Waals surface area (Å²) in [6.45, 7) is 1.79. The summed E-state index contributed by atoms with van der Waals surface area (Å²) in [6, 6.07) is 13.8. The number of carboxylic acids is 1. The number of amides is 2. The Morgan fingerprint density at radius 2 is 1.74 bits per heavy atom. The minimum atomic E-state index is -1.19. The van der Waals surface area contributed by atoms with E-state index in [4.69, 9.17) is 16.7 Å². The van der Waals surface area contributed by atoms with Gasteiger partial charge in [0.05, 0.1) is 5.25 Å². The minimum Gasteiger partial charge on any atom is -0.478 e. The average Bonchev–Trinajstić information content (AvgIpc) is 2.61. The second-order valence-corrected chi connectivity index (χ2v) is 7.30. The zero-order valence-corrected chi connectivity index (χ0v) is 15.9. The smallest absolute Gasteiger partial charge is 0.328 e. The fourth-order valence-corrected chi connectivity index (χ4v) is 3.07. The van der Waals surface area contributed by atoms with E-state index in [1.165, 1.54) is 11.8 Å². The van der Waals surface area contributed by atoms with Crippen LogP contribution in [0.15, 0.2) is 65.6 Å². The van der Waals surface area contributed by atoms with Crippen molar-refractivity contribution < 1.29 is 19.5 Å². The summed E-state index contributed by atoms with van der Waals surface area (Å²) in [6.07, 6.45) is 1.70. The minimum absolute atomic E-state index is 0.154. The normalized spacial score (nSPS) is 11.8. The van der Waals surface area contributed by atoms with Crippen LogP contribution in [0.1, 0.15) is 6.92 Å². The fourth-order valence-electron chi connectivity index (χ4n) is 2.02. The molecule has 0 aliphatic rings. The Balaban J connectivity index is 1.90. The second-order valence-electron chi connectivity index (χ2n) is 5.44. The first-order chi connectivity index (χ1) is 12.8. The van der Waals surface area contributed by atoms with Gasteiger partial charge >= 0.3 is 5.97 Å². The number of hydrogen-bond acceptors (Lipinski definition) is 4. The van der Waals surface area contributed by atoms with Crippen LogP contribution in [0.2, 0.25) is 5.02 Å². The molecule has 0 saturated heterocycles. The van der Waals surface area contributed by atoms with Crippen molar-refractivity contribution in [3.8, 4) is 0 Å². The standard InChI is InChI=1S/C19H17ClN2O4S/c1-12(19(26)22-15-4-2-3-13(20)11-15)27-16-7-5-14(6-8-16)21-17(23)9-10-18(24)25/h2-12H,1H3,(H,21,23)(H,22,26)(H,24,25)/b10-9+. The number of rotatable bonds is 7. The maximum absolute atomic E-state index is 12.3. The lowest BCUT2D eigenvalue weighted by atomic mass is 10.3. The van der Waals surface area contributed by atoms with Crippen molar-refractivity contribution in [1.29, 1.82) is 0 Å². The molecule has 0 saturated carbocycles. The zero-order valence-electron chi connectivity index (χ0n) is 14.3. The van der Waals surface area contributed by atoms with Crippen molar-refractivity contribution in [3.63, 3.8) is 0 Å². The molecule has 0 heterocycles. The predicted molar refractivity (Wildman–Crippen MR) is 107 cm³/mol. The quantitative estimate of drug-likeness (QED) is 0.478. The summed E-state index contributed by atoms with van der Waals surface area (Å²) < 4.78 is 0. The lowest BCUT2D eigenvalue weighted by Gasteiger charge is -2.12. The molecule has 3 N–H and O–H groups in total. The number of carbonyl (C=O) groups excluding carboxylic acids is 2. The number of hydrogen-bond donors (Lipinski definition) is 3. The van der Waals surface area contributed by atoms with E-state index >= 15 is 0 Å². The van der Waals surface area contributed by atoms with Crippen LogP contribution in [-0.2, 0) is 14.4 Å². The van der Waals surface area contributed by atoms with Gasteiger partial charge in [-0.25, -0.2) is 4.79 Å². The van der Waals surface area contributed by atoms with Gasteiger partial charge in [0.15, 0.2) is 0 Å². The van der Waals surface area contributed by atoms with Crippen molar-refractivity contribution in [2.24, 2.45) is 0 Å². The molecule has 2 aromatic carbocycles. The lowest BCUT2D eigenvalue weighted by Crippen LogP contribution is -2.22. The monoisotopic (exact) mass is 404 g/mol. The van der Waals surface area contributed by atoms with E-state index < -0.39 is 11.9 Å². The van der Waals surface area contributed by atoms with Crippen molar-refractivity contribution in [3.05, 3.63) is 65.7 Å². The third kappa shape index (κ3) is 7.16. The van der Waals surface area contributed by atoms with Gasteiger partial charge in [0.25, 0.3) is 0 Å². The number of aliphatic carboxylic acids is 1. The molecule has 0 radical (unpaired) electrons. The second kappa shape index (κ2) is 9.80. The number of carbonyl (C=O) groups is 3. The van der Waals surface area contributed by atoms with Crippen molar-refractivity contribution >= 4 is 52.5 Å². The van der Waals surface area contributed by atoms with Gasteiger partial charge in [-0.05, 0) is 49.4 Å². The molecule has 27 heavy (non-hydrogen) atoms. The molecule has 0 spiro atoms. The molecule has 0 aromatic heterocycles. The summed E-state index contributed by atoms with van der Waals surface area (Å²) in [5.74, 6) is -1.88. The SMILES string of the molecule is CC(Sc1ccc(NC(=O)/C=C/C(=O)O)cc1)C(=O)Nc1cccc(Cl)c1. The highest BCUT2D eigenvalue weighted by Crippen LogP contribution is 2.26. The van der Waals surface area contributed by atoms with E-state index in [2.05, 4.69) is 10.6 Å². The number of nitrogens with one attached hydrogen (secondary N) is 2. The maximum Gasteiger partial charge on any atom is 0.328 e. The van der Waals surface area contributed by atoms with Crippen molar-refractivity contribution in [2.75, 3.05) is 10.6 Å². The molecular formula is C19H17ClN2O4S. The third-order valence-corrected chi connectivity index (χ3v) is 4.62. The van der Waals surface area contributed by atoms with Crippen LogP contribution in [0.25, 0.3) is 0 Å². The summed E-state index contributed by atoms with van der Waals surface area (Å²) >= 11 is 7.27. The summed E-state index contributed by atoms with van der Waals surface area (Å²) in [7, 11) is 0. The molecule has 0 bridgehead atoms. The van der Waals surface area contributed by atoms with Gasteiger partial charge in [-0.2, -0.15) is 0 Å². The summed E-state index contributed by atoms with van der Waals surface area (Å²) in [5.41, 5.74) is 1.16. The lowest BCUT2D eigenvalue weighted by molar-refractivity contribution is -0.131. The van der Waals surface area contributed by atoms with Gasteiger partial charge < -0.3 is 15.7 Å². The molecule has 0 aliphatic carbocycles. The van der Waals surface area contributed by atoms with Gasteiger partial charge in [-0.1, -0.05) is 17.7 Å². The van der Waals surface area contributed by atoms with Crippen LogP contribution in [-0.4, -0.2) is 28.1 Å². The predicted octanol–water partition coefficient (Wildman–Crippen LogP) is 4.04. The highest BCUT2D eigenvalue weighted by molar-refractivity contribution is 8.00. The van der Waals surface area contributed by atoms with Crippen LogP contribution in [0.4, 0.5) is 11.4 Å². The Bertz CT molecular complexity index is 868. The number of anilines is 2. The van der Waals surface area contributed by atoms with Crippen LogP contribution in [0.3, 0.4) is 0 Å². The van der Waals surface area contributed by atoms with Crippen molar-refractivity contribution in [2.45, 2.75) is 17.1 Å². The van der Waals surface area contributed by atoms with Crippen LogP contribution in [0.5, 0.6) is 0 Å².